The zero-order chi connectivity index (χ0) is 14.3. The van der Waals surface area contributed by atoms with Crippen LogP contribution in [0.4, 0.5) is 8.78 Å². The number of rotatable bonds is 1. The highest BCUT2D eigenvalue weighted by Gasteiger charge is 2.15. The maximum atomic E-state index is 13.8. The molecule has 0 atom stereocenters. The fourth-order valence-corrected chi connectivity index (χ4v) is 2.33. The largest absolute Gasteiger partial charge is 0.226 e. The van der Waals surface area contributed by atoms with Crippen molar-refractivity contribution in [3.63, 3.8) is 0 Å². The summed E-state index contributed by atoms with van der Waals surface area (Å²) in [6, 6.07) is 8.83. The van der Waals surface area contributed by atoms with Crippen molar-refractivity contribution < 1.29 is 8.78 Å². The van der Waals surface area contributed by atoms with Crippen LogP contribution in [0, 0.1) is 11.6 Å². The van der Waals surface area contributed by atoms with Gasteiger partial charge < -0.3 is 0 Å². The summed E-state index contributed by atoms with van der Waals surface area (Å²) in [5, 5.41) is 1.06. The molecule has 0 spiro atoms. The number of benzene rings is 2. The summed E-state index contributed by atoms with van der Waals surface area (Å²) >= 11 is 12.1. The molecule has 0 aliphatic heterocycles. The molecule has 0 amide bonds. The number of aromatic nitrogens is 2. The molecule has 2 aromatic carbocycles. The molecule has 0 bridgehead atoms. The summed E-state index contributed by atoms with van der Waals surface area (Å²) in [6.07, 6.45) is 0. The van der Waals surface area contributed by atoms with E-state index in [-0.39, 0.29) is 16.5 Å². The van der Waals surface area contributed by atoms with Crippen LogP contribution in [-0.4, -0.2) is 9.97 Å². The van der Waals surface area contributed by atoms with Gasteiger partial charge in [0.25, 0.3) is 0 Å². The summed E-state index contributed by atoms with van der Waals surface area (Å²) in [4.78, 5) is 8.18. The maximum Gasteiger partial charge on any atom is 0.169 e. The van der Waals surface area contributed by atoms with E-state index in [2.05, 4.69) is 9.97 Å². The lowest BCUT2D eigenvalue weighted by Gasteiger charge is -2.07. The van der Waals surface area contributed by atoms with Gasteiger partial charge >= 0.3 is 0 Å². The summed E-state index contributed by atoms with van der Waals surface area (Å²) < 4.78 is 27.1. The standard InChI is InChI=1S/C14H6Cl2F2N2/c15-9-5-1-4-8-12(9)19-14(20-13(8)16)7-3-2-6-10(17)11(7)18/h1-6H. The number of halogens is 4. The second-order valence-corrected chi connectivity index (χ2v) is 4.84. The minimum Gasteiger partial charge on any atom is -0.226 e. The lowest BCUT2D eigenvalue weighted by molar-refractivity contribution is 0.510. The van der Waals surface area contributed by atoms with Gasteiger partial charge in [0, 0.05) is 5.39 Å². The van der Waals surface area contributed by atoms with E-state index in [1.165, 1.54) is 12.1 Å². The highest BCUT2D eigenvalue weighted by molar-refractivity contribution is 6.38. The quantitative estimate of drug-likeness (QED) is 0.598. The first-order valence-corrected chi connectivity index (χ1v) is 6.39. The molecular weight excluding hydrogens is 305 g/mol. The van der Waals surface area contributed by atoms with Crippen LogP contribution in [0.15, 0.2) is 36.4 Å². The van der Waals surface area contributed by atoms with E-state index < -0.39 is 11.6 Å². The van der Waals surface area contributed by atoms with E-state index in [0.717, 1.165) is 6.07 Å². The van der Waals surface area contributed by atoms with Gasteiger partial charge in [-0.3, -0.25) is 0 Å². The molecule has 0 radical (unpaired) electrons. The second-order valence-electron chi connectivity index (χ2n) is 4.08. The second kappa shape index (κ2) is 4.96. The van der Waals surface area contributed by atoms with Crippen molar-refractivity contribution in [1.82, 2.24) is 9.97 Å². The first-order valence-electron chi connectivity index (χ1n) is 5.64. The van der Waals surface area contributed by atoms with Crippen molar-refractivity contribution in [3.8, 4) is 11.4 Å². The van der Waals surface area contributed by atoms with Crippen LogP contribution >= 0.6 is 23.2 Å². The predicted molar refractivity (Wildman–Crippen MR) is 74.9 cm³/mol. The van der Waals surface area contributed by atoms with Crippen molar-refractivity contribution in [2.24, 2.45) is 0 Å². The van der Waals surface area contributed by atoms with Crippen LogP contribution < -0.4 is 0 Å². The van der Waals surface area contributed by atoms with Crippen LogP contribution in [0.5, 0.6) is 0 Å². The van der Waals surface area contributed by atoms with Crippen LogP contribution in [0.2, 0.25) is 10.2 Å². The molecule has 0 aliphatic rings. The van der Waals surface area contributed by atoms with E-state index in [4.69, 9.17) is 23.2 Å². The number of nitrogens with zero attached hydrogens (tertiary/aromatic N) is 2. The van der Waals surface area contributed by atoms with Gasteiger partial charge in [-0.05, 0) is 24.3 Å². The monoisotopic (exact) mass is 310 g/mol. The molecule has 0 saturated carbocycles. The average molecular weight is 311 g/mol. The molecule has 0 aliphatic carbocycles. The number of fused-ring (bicyclic) bond motifs is 1. The van der Waals surface area contributed by atoms with Crippen molar-refractivity contribution in [2.75, 3.05) is 0 Å². The average Bonchev–Trinajstić information content (AvgIpc) is 2.43. The van der Waals surface area contributed by atoms with Gasteiger partial charge in [-0.15, -0.1) is 0 Å². The molecule has 0 saturated heterocycles. The van der Waals surface area contributed by atoms with E-state index in [1.807, 2.05) is 0 Å². The van der Waals surface area contributed by atoms with Gasteiger partial charge in [0.15, 0.2) is 17.5 Å². The molecular formula is C14H6Cl2F2N2. The molecule has 20 heavy (non-hydrogen) atoms. The smallest absolute Gasteiger partial charge is 0.169 e. The summed E-state index contributed by atoms with van der Waals surface area (Å²) in [6.45, 7) is 0. The van der Waals surface area contributed by atoms with E-state index in [1.54, 1.807) is 18.2 Å². The molecule has 100 valence electrons. The molecule has 1 heterocycles. The van der Waals surface area contributed by atoms with Crippen molar-refractivity contribution >= 4 is 34.1 Å². The fourth-order valence-electron chi connectivity index (χ4n) is 1.88. The molecule has 0 N–H and O–H groups in total. The van der Waals surface area contributed by atoms with Crippen LogP contribution in [0.25, 0.3) is 22.3 Å². The molecule has 3 rings (SSSR count). The Morgan fingerprint density at radius 1 is 0.900 bits per heavy atom. The Morgan fingerprint density at radius 2 is 1.65 bits per heavy atom. The predicted octanol–water partition coefficient (Wildman–Crippen LogP) is 4.88. The van der Waals surface area contributed by atoms with Crippen LogP contribution in [0.1, 0.15) is 0 Å². The number of hydrogen-bond acceptors (Lipinski definition) is 2. The summed E-state index contributed by atoms with van der Waals surface area (Å²) in [7, 11) is 0. The third kappa shape index (κ3) is 2.11. The molecule has 2 nitrogen and oxygen atoms in total. The molecule has 1 aromatic heterocycles. The first-order chi connectivity index (χ1) is 9.58. The van der Waals surface area contributed by atoms with Gasteiger partial charge in [0.1, 0.15) is 5.15 Å². The minimum atomic E-state index is -1.02. The molecule has 0 fully saturated rings. The minimum absolute atomic E-state index is 0.00685. The van der Waals surface area contributed by atoms with Gasteiger partial charge in [0.2, 0.25) is 0 Å². The van der Waals surface area contributed by atoms with Gasteiger partial charge in [-0.2, -0.15) is 0 Å². The Bertz CT molecular complexity index is 822. The highest BCUT2D eigenvalue weighted by Crippen LogP contribution is 2.30. The van der Waals surface area contributed by atoms with Crippen LogP contribution in [0.3, 0.4) is 0 Å². The van der Waals surface area contributed by atoms with Crippen molar-refractivity contribution in [2.45, 2.75) is 0 Å². The third-order valence-corrected chi connectivity index (χ3v) is 3.42. The normalized spacial score (nSPS) is 11.0. The van der Waals surface area contributed by atoms with Gasteiger partial charge in [-0.1, -0.05) is 35.3 Å². The number of hydrogen-bond donors (Lipinski definition) is 0. The topological polar surface area (TPSA) is 25.8 Å². The molecule has 0 unspecified atom stereocenters. The van der Waals surface area contributed by atoms with E-state index in [0.29, 0.717) is 15.9 Å². The van der Waals surface area contributed by atoms with E-state index in [9.17, 15) is 8.78 Å². The summed E-state index contributed by atoms with van der Waals surface area (Å²) in [5.41, 5.74) is 0.335. The summed E-state index contributed by atoms with van der Waals surface area (Å²) in [5.74, 6) is -2.00. The SMILES string of the molecule is Fc1cccc(-c2nc(Cl)c3cccc(Cl)c3n2)c1F. The van der Waals surface area contributed by atoms with Crippen molar-refractivity contribution in [1.29, 1.82) is 0 Å². The Morgan fingerprint density at radius 3 is 2.45 bits per heavy atom. The lowest BCUT2D eigenvalue weighted by atomic mass is 10.1. The number of para-hydroxylation sites is 1. The van der Waals surface area contributed by atoms with Crippen LogP contribution in [-0.2, 0) is 0 Å². The molecule has 6 heteroatoms. The van der Waals surface area contributed by atoms with Gasteiger partial charge in [-0.25, -0.2) is 18.7 Å². The van der Waals surface area contributed by atoms with E-state index >= 15 is 0 Å². The Labute approximate surface area is 123 Å². The fraction of sp³-hybridized carbons (Fsp3) is 0. The Balaban J connectivity index is 2.33. The third-order valence-electron chi connectivity index (χ3n) is 2.82. The van der Waals surface area contributed by atoms with Crippen molar-refractivity contribution in [3.05, 3.63) is 58.2 Å². The zero-order valence-electron chi connectivity index (χ0n) is 9.87. The first kappa shape index (κ1) is 13.2. The maximum absolute atomic E-state index is 13.8. The highest BCUT2D eigenvalue weighted by atomic mass is 35.5. The molecule has 3 aromatic rings. The zero-order valence-corrected chi connectivity index (χ0v) is 11.4. The lowest BCUT2D eigenvalue weighted by Crippen LogP contribution is -1.96. The Hall–Kier alpha value is -1.78. The van der Waals surface area contributed by atoms with Gasteiger partial charge in [0.05, 0.1) is 16.1 Å². The Kier molecular flexibility index (Phi) is 3.28.